The fraction of sp³-hybridized carbons (Fsp3) is 0.700. The van der Waals surface area contributed by atoms with Gasteiger partial charge in [0.2, 0.25) is 11.8 Å². The van der Waals surface area contributed by atoms with Crippen LogP contribution in [-0.4, -0.2) is 71.2 Å². The minimum atomic E-state index is -2.47. The van der Waals surface area contributed by atoms with E-state index in [2.05, 4.69) is 21.2 Å². The third-order valence-electron chi connectivity index (χ3n) is 10.6. The molecule has 1 spiro atoms. The smallest absolute Gasteiger partial charge is 0.255 e. The van der Waals surface area contributed by atoms with Crippen molar-refractivity contribution in [1.29, 1.82) is 0 Å². The molecule has 9 heteroatoms. The molecule has 0 radical (unpaired) electrons. The molecule has 3 heterocycles. The minimum absolute atomic E-state index is 0.0640. The molecule has 1 N–H and O–H groups in total. The van der Waals surface area contributed by atoms with Crippen LogP contribution >= 0.6 is 0 Å². The Labute approximate surface area is 228 Å². The largest absolute Gasteiger partial charge is 0.368 e. The fourth-order valence-electron chi connectivity index (χ4n) is 7.84. The standard InChI is InChI=1S/C30H38F2N4O3/c31-30(32)17-29(30)13-15-34(18-29)20-6-8-21(9-7-20)35(14-12-19-4-5-19)24-3-1-2-22-23(24)16-36(28(22)39)25-10-11-26(37)33-27(25)38/h1-3,19-21,25H,4-18H2,(H,33,37,38). The van der Waals surface area contributed by atoms with E-state index in [1.165, 1.54) is 12.8 Å². The number of benzene rings is 1. The maximum atomic E-state index is 14.0. The summed E-state index contributed by atoms with van der Waals surface area (Å²) in [6.07, 6.45) is 9.08. The Balaban J connectivity index is 1.08. The van der Waals surface area contributed by atoms with Gasteiger partial charge in [0, 0.05) is 61.4 Å². The van der Waals surface area contributed by atoms with Gasteiger partial charge in [-0.15, -0.1) is 0 Å². The van der Waals surface area contributed by atoms with Crippen molar-refractivity contribution in [3.05, 3.63) is 29.3 Å². The highest BCUT2D eigenvalue weighted by atomic mass is 19.3. The second kappa shape index (κ2) is 9.25. The van der Waals surface area contributed by atoms with Crippen molar-refractivity contribution in [3.63, 3.8) is 0 Å². The average Bonchev–Trinajstić information content (AvgIpc) is 3.73. The van der Waals surface area contributed by atoms with Crippen molar-refractivity contribution in [2.45, 2.75) is 101 Å². The normalized spacial score (nSPS) is 33.9. The summed E-state index contributed by atoms with van der Waals surface area (Å²) in [4.78, 5) is 44.2. The molecule has 0 bridgehead atoms. The van der Waals surface area contributed by atoms with E-state index in [0.29, 0.717) is 43.6 Å². The SMILES string of the molecule is O=C1CCC(N2Cc3c(cccc3N(CCC3CC3)C3CCC(N4CCC5(C4)CC5(F)F)CC3)C2=O)C(=O)N1. The van der Waals surface area contributed by atoms with E-state index in [-0.39, 0.29) is 30.6 Å². The Hall–Kier alpha value is -2.55. The summed E-state index contributed by atoms with van der Waals surface area (Å²) >= 11 is 0. The molecule has 210 valence electrons. The lowest BCUT2D eigenvalue weighted by atomic mass is 9.88. The van der Waals surface area contributed by atoms with E-state index in [9.17, 15) is 23.2 Å². The molecule has 0 aromatic heterocycles. The van der Waals surface area contributed by atoms with Crippen LogP contribution in [0.5, 0.6) is 0 Å². The molecule has 6 aliphatic rings. The van der Waals surface area contributed by atoms with Crippen molar-refractivity contribution in [3.8, 4) is 0 Å². The van der Waals surface area contributed by atoms with Crippen LogP contribution in [0.1, 0.15) is 86.6 Å². The first kappa shape index (κ1) is 25.4. The van der Waals surface area contributed by atoms with E-state index in [1.807, 2.05) is 12.1 Å². The Morgan fingerprint density at radius 1 is 1.03 bits per heavy atom. The monoisotopic (exact) mass is 540 g/mol. The predicted molar refractivity (Wildman–Crippen MR) is 141 cm³/mol. The van der Waals surface area contributed by atoms with E-state index >= 15 is 0 Å². The van der Waals surface area contributed by atoms with Crippen LogP contribution in [0.4, 0.5) is 14.5 Å². The molecule has 1 aromatic rings. The highest BCUT2D eigenvalue weighted by Crippen LogP contribution is 2.65. The van der Waals surface area contributed by atoms with Crippen LogP contribution < -0.4 is 10.2 Å². The van der Waals surface area contributed by atoms with Gasteiger partial charge < -0.3 is 9.80 Å². The molecule has 2 unspecified atom stereocenters. The molecule has 2 saturated heterocycles. The summed E-state index contributed by atoms with van der Waals surface area (Å²) in [6, 6.07) is 6.06. The third-order valence-corrected chi connectivity index (χ3v) is 10.6. The molecule has 5 fully saturated rings. The molecule has 3 saturated carbocycles. The van der Waals surface area contributed by atoms with Gasteiger partial charge in [0.05, 0.1) is 5.41 Å². The zero-order valence-electron chi connectivity index (χ0n) is 22.5. The molecule has 39 heavy (non-hydrogen) atoms. The number of rotatable bonds is 7. The van der Waals surface area contributed by atoms with Gasteiger partial charge in [-0.3, -0.25) is 24.6 Å². The lowest BCUT2D eigenvalue weighted by Crippen LogP contribution is -2.52. The van der Waals surface area contributed by atoms with Gasteiger partial charge in [-0.1, -0.05) is 18.9 Å². The van der Waals surface area contributed by atoms with Crippen molar-refractivity contribution < 1.29 is 23.2 Å². The zero-order chi connectivity index (χ0) is 26.9. The first-order chi connectivity index (χ1) is 18.7. The van der Waals surface area contributed by atoms with Crippen LogP contribution in [0, 0.1) is 11.3 Å². The number of carbonyl (C=O) groups excluding carboxylic acids is 3. The highest BCUT2D eigenvalue weighted by molar-refractivity contribution is 6.06. The first-order valence-electron chi connectivity index (χ1n) is 14.9. The molecule has 2 atom stereocenters. The molecule has 7 nitrogen and oxygen atoms in total. The number of alkyl halides is 2. The number of hydrogen-bond donors (Lipinski definition) is 1. The summed E-state index contributed by atoms with van der Waals surface area (Å²) in [7, 11) is 0. The van der Waals surface area contributed by atoms with Crippen molar-refractivity contribution in [2.24, 2.45) is 11.3 Å². The van der Waals surface area contributed by atoms with Crippen LogP contribution in [0.15, 0.2) is 18.2 Å². The number of anilines is 1. The highest BCUT2D eigenvalue weighted by Gasteiger charge is 2.72. The molecular formula is C30H38F2N4O3. The van der Waals surface area contributed by atoms with Gasteiger partial charge in [0.25, 0.3) is 11.8 Å². The number of fused-ring (bicyclic) bond motifs is 1. The number of nitrogens with one attached hydrogen (secondary N) is 1. The van der Waals surface area contributed by atoms with Gasteiger partial charge in [0.1, 0.15) is 6.04 Å². The molecule has 7 rings (SSSR count). The zero-order valence-corrected chi connectivity index (χ0v) is 22.5. The van der Waals surface area contributed by atoms with Crippen LogP contribution in [0.3, 0.4) is 0 Å². The third kappa shape index (κ3) is 4.45. The number of amides is 3. The van der Waals surface area contributed by atoms with Gasteiger partial charge >= 0.3 is 0 Å². The number of piperidine rings is 1. The Morgan fingerprint density at radius 3 is 2.46 bits per heavy atom. The Morgan fingerprint density at radius 2 is 1.79 bits per heavy atom. The number of hydrogen-bond acceptors (Lipinski definition) is 5. The van der Waals surface area contributed by atoms with E-state index < -0.39 is 17.4 Å². The summed E-state index contributed by atoms with van der Waals surface area (Å²) in [5, 5.41) is 2.40. The van der Waals surface area contributed by atoms with Gasteiger partial charge in [-0.2, -0.15) is 0 Å². The molecule has 3 aliphatic heterocycles. The summed E-state index contributed by atoms with van der Waals surface area (Å²) in [6.45, 7) is 2.67. The lowest BCUT2D eigenvalue weighted by Gasteiger charge is -2.41. The summed E-state index contributed by atoms with van der Waals surface area (Å²) < 4.78 is 27.9. The second-order valence-electron chi connectivity index (χ2n) is 13.0. The number of imide groups is 1. The van der Waals surface area contributed by atoms with E-state index in [0.717, 1.165) is 62.4 Å². The molecule has 3 aliphatic carbocycles. The van der Waals surface area contributed by atoms with Crippen molar-refractivity contribution in [2.75, 3.05) is 24.5 Å². The Bertz CT molecular complexity index is 1190. The number of carbonyl (C=O) groups is 3. The maximum Gasteiger partial charge on any atom is 0.255 e. The van der Waals surface area contributed by atoms with Gasteiger partial charge in [-0.05, 0) is 69.5 Å². The Kier molecular flexibility index (Phi) is 6.03. The molecule has 3 amide bonds. The van der Waals surface area contributed by atoms with E-state index in [4.69, 9.17) is 0 Å². The van der Waals surface area contributed by atoms with Crippen LogP contribution in [0.2, 0.25) is 0 Å². The summed E-state index contributed by atoms with van der Waals surface area (Å²) in [5.74, 6) is -2.48. The van der Waals surface area contributed by atoms with Gasteiger partial charge in [0.15, 0.2) is 0 Å². The van der Waals surface area contributed by atoms with E-state index in [1.54, 1.807) is 4.90 Å². The van der Waals surface area contributed by atoms with Crippen LogP contribution in [-0.2, 0) is 16.1 Å². The lowest BCUT2D eigenvalue weighted by molar-refractivity contribution is -0.136. The van der Waals surface area contributed by atoms with Crippen LogP contribution in [0.25, 0.3) is 0 Å². The van der Waals surface area contributed by atoms with Crippen molar-refractivity contribution in [1.82, 2.24) is 15.1 Å². The first-order valence-corrected chi connectivity index (χ1v) is 14.9. The topological polar surface area (TPSA) is 73.0 Å². The maximum absolute atomic E-state index is 14.0. The molecule has 1 aromatic carbocycles. The second-order valence-corrected chi connectivity index (χ2v) is 13.0. The quantitative estimate of drug-likeness (QED) is 0.528. The van der Waals surface area contributed by atoms with Crippen molar-refractivity contribution >= 4 is 23.4 Å². The summed E-state index contributed by atoms with van der Waals surface area (Å²) in [5.41, 5.74) is 2.00. The predicted octanol–water partition coefficient (Wildman–Crippen LogP) is 4.10. The van der Waals surface area contributed by atoms with Gasteiger partial charge in [-0.25, -0.2) is 8.78 Å². The average molecular weight is 541 g/mol. The number of halogens is 2. The molecular weight excluding hydrogens is 502 g/mol. The number of likely N-dealkylation sites (tertiary alicyclic amines) is 1. The number of nitrogens with zero attached hydrogens (tertiary/aromatic N) is 3. The minimum Gasteiger partial charge on any atom is -0.368 e. The fourth-order valence-corrected chi connectivity index (χ4v) is 7.84.